The number of hydrogen-bond acceptors (Lipinski definition) is 6. The van der Waals surface area contributed by atoms with E-state index < -0.39 is 0 Å². The summed E-state index contributed by atoms with van der Waals surface area (Å²) in [6.45, 7) is 8.23. The number of thioether (sulfide) groups is 2. The Morgan fingerprint density at radius 1 is 1.43 bits per heavy atom. The number of likely N-dealkylation sites (N-methyl/N-ethyl adjacent to an activating group) is 1. The minimum Gasteiger partial charge on any atom is -0.301 e. The molecule has 0 fully saturated rings. The van der Waals surface area contributed by atoms with Crippen molar-refractivity contribution in [3.63, 3.8) is 0 Å². The summed E-state index contributed by atoms with van der Waals surface area (Å²) < 4.78 is 0. The van der Waals surface area contributed by atoms with Crippen LogP contribution in [0.15, 0.2) is 22.3 Å². The molecule has 0 amide bonds. The van der Waals surface area contributed by atoms with E-state index in [1.54, 1.807) is 23.5 Å². The van der Waals surface area contributed by atoms with Crippen LogP contribution in [-0.2, 0) is 13.0 Å². The highest BCUT2D eigenvalue weighted by atomic mass is 32.2. The van der Waals surface area contributed by atoms with Gasteiger partial charge in [0, 0.05) is 29.1 Å². The molecule has 0 saturated carbocycles. The van der Waals surface area contributed by atoms with E-state index in [2.05, 4.69) is 25.5 Å². The van der Waals surface area contributed by atoms with E-state index >= 15 is 0 Å². The Hall–Kier alpha value is -0.560. The molecule has 0 bridgehead atoms. The van der Waals surface area contributed by atoms with E-state index in [1.807, 2.05) is 17.6 Å². The van der Waals surface area contributed by atoms with Gasteiger partial charge in [-0.2, -0.15) is 0 Å². The molecule has 0 N–H and O–H groups in total. The Morgan fingerprint density at radius 2 is 2.24 bits per heavy atom. The predicted octanol–water partition coefficient (Wildman–Crippen LogP) is 4.07. The maximum atomic E-state index is 4.76. The van der Waals surface area contributed by atoms with E-state index in [0.29, 0.717) is 0 Å². The second-order valence-corrected chi connectivity index (χ2v) is 8.25. The first-order valence-electron chi connectivity index (χ1n) is 6.90. The molecule has 0 aromatic carbocycles. The molecule has 0 unspecified atom stereocenters. The summed E-state index contributed by atoms with van der Waals surface area (Å²) in [4.78, 5) is 14.5. The fourth-order valence-electron chi connectivity index (χ4n) is 2.46. The van der Waals surface area contributed by atoms with Gasteiger partial charge in [0.1, 0.15) is 9.86 Å². The first kappa shape index (κ1) is 15.3. The van der Waals surface area contributed by atoms with Gasteiger partial charge < -0.3 is 4.90 Å². The van der Waals surface area contributed by atoms with Crippen LogP contribution in [0.2, 0.25) is 0 Å². The van der Waals surface area contributed by atoms with Crippen LogP contribution in [0.4, 0.5) is 0 Å². The van der Waals surface area contributed by atoms with E-state index in [4.69, 9.17) is 9.97 Å². The van der Waals surface area contributed by atoms with Gasteiger partial charge in [0.05, 0.1) is 0 Å². The van der Waals surface area contributed by atoms with E-state index in [9.17, 15) is 0 Å². The van der Waals surface area contributed by atoms with Crippen molar-refractivity contribution in [3.05, 3.63) is 22.6 Å². The number of fused-ring (bicyclic) bond motifs is 3. The maximum absolute atomic E-state index is 4.76. The number of nitrogens with zero attached hydrogens (tertiary/aromatic N) is 3. The summed E-state index contributed by atoms with van der Waals surface area (Å²) in [5.74, 6) is 0.921. The molecule has 3 rings (SSSR count). The second kappa shape index (κ2) is 6.28. The standard InChI is InChI=1S/C15H19N3S3/c1-9(2)8-20-13-12-10-5-6-18(3)7-11(10)21-14(12)17-15(16-13)19-4/h1,5-8H2,2-4H3. The molecule has 3 nitrogen and oxygen atoms in total. The minimum absolute atomic E-state index is 0.874. The lowest BCUT2D eigenvalue weighted by atomic mass is 10.1. The Bertz CT molecular complexity index is 693. The molecule has 2 aromatic rings. The third-order valence-electron chi connectivity index (χ3n) is 3.48. The average Bonchev–Trinajstić information content (AvgIpc) is 2.81. The second-order valence-electron chi connectivity index (χ2n) is 5.43. The quantitative estimate of drug-likeness (QED) is 0.363. The topological polar surface area (TPSA) is 29.0 Å². The molecule has 2 aromatic heterocycles. The van der Waals surface area contributed by atoms with Gasteiger partial charge in [0.25, 0.3) is 0 Å². The Kier molecular flexibility index (Phi) is 4.59. The van der Waals surface area contributed by atoms with Crippen LogP contribution in [0.25, 0.3) is 10.2 Å². The molecule has 0 aliphatic carbocycles. The highest BCUT2D eigenvalue weighted by Gasteiger charge is 2.23. The molecule has 6 heteroatoms. The van der Waals surface area contributed by atoms with Gasteiger partial charge in [-0.25, -0.2) is 9.97 Å². The molecular formula is C15H19N3S3. The van der Waals surface area contributed by atoms with Crippen LogP contribution < -0.4 is 0 Å². The average molecular weight is 338 g/mol. The van der Waals surface area contributed by atoms with Crippen molar-refractivity contribution in [2.45, 2.75) is 30.1 Å². The summed E-state index contributed by atoms with van der Waals surface area (Å²) in [6, 6.07) is 0. The molecule has 112 valence electrons. The van der Waals surface area contributed by atoms with Gasteiger partial charge in [-0.1, -0.05) is 23.9 Å². The van der Waals surface area contributed by atoms with Crippen LogP contribution in [0.5, 0.6) is 0 Å². The molecule has 1 aliphatic rings. The fourth-order valence-corrected chi connectivity index (χ4v) is 5.20. The summed E-state index contributed by atoms with van der Waals surface area (Å²) in [7, 11) is 2.18. The third kappa shape index (κ3) is 3.13. The van der Waals surface area contributed by atoms with Crippen LogP contribution in [0.1, 0.15) is 17.4 Å². The number of aromatic nitrogens is 2. The molecule has 0 atom stereocenters. The summed E-state index contributed by atoms with van der Waals surface area (Å²) >= 11 is 5.25. The number of thiophene rings is 1. The first-order chi connectivity index (χ1) is 10.1. The SMILES string of the molecule is C=C(C)CSc1nc(SC)nc2sc3c(c12)CCN(C)C3. The van der Waals surface area contributed by atoms with Crippen molar-refractivity contribution < 1.29 is 0 Å². The van der Waals surface area contributed by atoms with Crippen molar-refractivity contribution >= 4 is 45.1 Å². The smallest absolute Gasteiger partial charge is 0.189 e. The van der Waals surface area contributed by atoms with Crippen LogP contribution in [-0.4, -0.2) is 40.5 Å². The van der Waals surface area contributed by atoms with E-state index in [1.165, 1.54) is 21.4 Å². The highest BCUT2D eigenvalue weighted by Crippen LogP contribution is 2.39. The van der Waals surface area contributed by atoms with Crippen LogP contribution >= 0.6 is 34.9 Å². The monoisotopic (exact) mass is 337 g/mol. The van der Waals surface area contributed by atoms with Crippen LogP contribution in [0, 0.1) is 0 Å². The van der Waals surface area contributed by atoms with Crippen molar-refractivity contribution in [2.75, 3.05) is 25.6 Å². The Balaban J connectivity index is 2.12. The molecule has 21 heavy (non-hydrogen) atoms. The predicted molar refractivity (Wildman–Crippen MR) is 94.8 cm³/mol. The normalized spacial score (nSPS) is 15.4. The fraction of sp³-hybridized carbons (Fsp3) is 0.467. The van der Waals surface area contributed by atoms with Crippen molar-refractivity contribution in [1.82, 2.24) is 14.9 Å². The number of hydrogen-bond donors (Lipinski definition) is 0. The van der Waals surface area contributed by atoms with Gasteiger partial charge in [0.2, 0.25) is 0 Å². The van der Waals surface area contributed by atoms with E-state index in [-0.39, 0.29) is 0 Å². The van der Waals surface area contributed by atoms with Gasteiger partial charge >= 0.3 is 0 Å². The lowest BCUT2D eigenvalue weighted by molar-refractivity contribution is 0.318. The van der Waals surface area contributed by atoms with Crippen LogP contribution in [0.3, 0.4) is 0 Å². The van der Waals surface area contributed by atoms with Crippen molar-refractivity contribution in [2.24, 2.45) is 0 Å². The summed E-state index contributed by atoms with van der Waals surface area (Å²) in [5, 5.41) is 3.31. The van der Waals surface area contributed by atoms with Gasteiger partial charge in [-0.3, -0.25) is 0 Å². The lowest BCUT2D eigenvalue weighted by Crippen LogP contribution is -2.25. The van der Waals surface area contributed by atoms with Crippen molar-refractivity contribution in [1.29, 1.82) is 0 Å². The van der Waals surface area contributed by atoms with Gasteiger partial charge in [0.15, 0.2) is 5.16 Å². The Labute approximate surface area is 138 Å². The minimum atomic E-state index is 0.874. The van der Waals surface area contributed by atoms with Gasteiger partial charge in [-0.05, 0) is 32.2 Å². The lowest BCUT2D eigenvalue weighted by Gasteiger charge is -2.22. The number of rotatable bonds is 4. The van der Waals surface area contributed by atoms with Gasteiger partial charge in [-0.15, -0.1) is 23.1 Å². The summed E-state index contributed by atoms with van der Waals surface area (Å²) in [6.07, 6.45) is 3.14. The maximum Gasteiger partial charge on any atom is 0.189 e. The Morgan fingerprint density at radius 3 is 2.95 bits per heavy atom. The molecule has 0 spiro atoms. The zero-order valence-corrected chi connectivity index (χ0v) is 15.1. The third-order valence-corrected chi connectivity index (χ3v) is 6.34. The largest absolute Gasteiger partial charge is 0.301 e. The van der Waals surface area contributed by atoms with Crippen molar-refractivity contribution in [3.8, 4) is 0 Å². The highest BCUT2D eigenvalue weighted by molar-refractivity contribution is 7.99. The molecule has 1 aliphatic heterocycles. The summed E-state index contributed by atoms with van der Waals surface area (Å²) in [5.41, 5.74) is 2.66. The van der Waals surface area contributed by atoms with E-state index in [0.717, 1.165) is 40.3 Å². The first-order valence-corrected chi connectivity index (χ1v) is 9.93. The zero-order valence-electron chi connectivity index (χ0n) is 12.6. The zero-order chi connectivity index (χ0) is 15.0. The molecular weight excluding hydrogens is 318 g/mol. The molecule has 3 heterocycles. The molecule has 0 saturated heterocycles. The molecule has 0 radical (unpaired) electrons.